The zero-order valence-electron chi connectivity index (χ0n) is 20.9. The Bertz CT molecular complexity index is 1460. The van der Waals surface area contributed by atoms with Gasteiger partial charge in [0.05, 0.1) is 38.8 Å². The molecule has 0 saturated carbocycles. The number of amides is 1. The number of fused-ring (bicyclic) bond motifs is 1. The van der Waals surface area contributed by atoms with Crippen LogP contribution in [0.1, 0.15) is 18.5 Å². The first-order chi connectivity index (χ1) is 18.0. The van der Waals surface area contributed by atoms with Crippen molar-refractivity contribution in [1.82, 2.24) is 19.7 Å². The highest BCUT2D eigenvalue weighted by molar-refractivity contribution is 6.06. The lowest BCUT2D eigenvalue weighted by Gasteiger charge is -2.29. The average Bonchev–Trinajstić information content (AvgIpc) is 3.35. The van der Waals surface area contributed by atoms with Gasteiger partial charge < -0.3 is 24.8 Å². The number of methoxy groups -OCH3 is 3. The standard InChI is InChI=1S/C27H26N6O4/c1-16-22(26(34)30-18-7-6-14-28-15-18)23(20-8-5-9-21(36-3)24(20)37-4)33-27(29-16)31-25(32-33)17-10-12-19(35-2)13-11-17/h5-15,23H,1-4H3,(H,30,34)(H,29,31,32)/t23-/m0/s1. The van der Waals surface area contributed by atoms with Gasteiger partial charge >= 0.3 is 0 Å². The van der Waals surface area contributed by atoms with Crippen LogP contribution in [0.3, 0.4) is 0 Å². The molecule has 0 aliphatic carbocycles. The summed E-state index contributed by atoms with van der Waals surface area (Å²) in [5.41, 5.74) is 3.17. The molecule has 1 atom stereocenters. The molecule has 37 heavy (non-hydrogen) atoms. The molecule has 5 rings (SSSR count). The number of pyridine rings is 1. The third-order valence-electron chi connectivity index (χ3n) is 6.09. The van der Waals surface area contributed by atoms with Gasteiger partial charge in [-0.2, -0.15) is 4.98 Å². The SMILES string of the molecule is COc1ccc(-c2nc3n(n2)[C@@H](c2cccc(OC)c2OC)C(C(=O)Nc2cccnc2)=C(C)N3)cc1. The van der Waals surface area contributed by atoms with Crippen LogP contribution in [0.25, 0.3) is 11.4 Å². The molecule has 3 heterocycles. The summed E-state index contributed by atoms with van der Waals surface area (Å²) in [6.45, 7) is 1.84. The van der Waals surface area contributed by atoms with Crippen LogP contribution in [0.15, 0.2) is 78.3 Å². The highest BCUT2D eigenvalue weighted by Gasteiger charge is 2.37. The Morgan fingerprint density at radius 1 is 1.00 bits per heavy atom. The van der Waals surface area contributed by atoms with Crippen molar-refractivity contribution in [3.63, 3.8) is 0 Å². The fourth-order valence-electron chi connectivity index (χ4n) is 4.36. The molecule has 0 spiro atoms. The predicted molar refractivity (Wildman–Crippen MR) is 139 cm³/mol. The lowest BCUT2D eigenvalue weighted by molar-refractivity contribution is -0.113. The maximum atomic E-state index is 13.7. The largest absolute Gasteiger partial charge is 0.497 e. The molecule has 1 aliphatic heterocycles. The van der Waals surface area contributed by atoms with Crippen LogP contribution in [0, 0.1) is 0 Å². The molecule has 2 N–H and O–H groups in total. The normalized spacial score (nSPS) is 14.4. The summed E-state index contributed by atoms with van der Waals surface area (Å²) in [6.07, 6.45) is 3.24. The minimum Gasteiger partial charge on any atom is -0.497 e. The highest BCUT2D eigenvalue weighted by Crippen LogP contribution is 2.43. The maximum Gasteiger partial charge on any atom is 0.255 e. The summed E-state index contributed by atoms with van der Waals surface area (Å²) >= 11 is 0. The van der Waals surface area contributed by atoms with E-state index in [4.69, 9.17) is 24.3 Å². The number of carbonyl (C=O) groups is 1. The van der Waals surface area contributed by atoms with Crippen LogP contribution < -0.4 is 24.8 Å². The number of anilines is 2. The van der Waals surface area contributed by atoms with Crippen molar-refractivity contribution in [3.8, 4) is 28.6 Å². The van der Waals surface area contributed by atoms with E-state index >= 15 is 0 Å². The summed E-state index contributed by atoms with van der Waals surface area (Å²) in [4.78, 5) is 22.5. The summed E-state index contributed by atoms with van der Waals surface area (Å²) in [5, 5.41) is 11.0. The monoisotopic (exact) mass is 498 g/mol. The van der Waals surface area contributed by atoms with E-state index in [0.29, 0.717) is 45.8 Å². The number of hydrogen-bond donors (Lipinski definition) is 2. The molecule has 188 valence electrons. The first kappa shape index (κ1) is 23.9. The second-order valence-electron chi connectivity index (χ2n) is 8.28. The number of para-hydroxylation sites is 1. The van der Waals surface area contributed by atoms with E-state index in [0.717, 1.165) is 11.3 Å². The molecule has 1 amide bonds. The van der Waals surface area contributed by atoms with Crippen molar-refractivity contribution >= 4 is 17.5 Å². The van der Waals surface area contributed by atoms with Gasteiger partial charge in [-0.3, -0.25) is 9.78 Å². The molecule has 4 aromatic rings. The third kappa shape index (κ3) is 4.44. The van der Waals surface area contributed by atoms with E-state index in [1.807, 2.05) is 43.3 Å². The molecule has 0 bridgehead atoms. The van der Waals surface area contributed by atoms with Crippen molar-refractivity contribution in [2.45, 2.75) is 13.0 Å². The van der Waals surface area contributed by atoms with Crippen LogP contribution in [0.2, 0.25) is 0 Å². The van der Waals surface area contributed by atoms with Crippen LogP contribution in [-0.4, -0.2) is 47.0 Å². The van der Waals surface area contributed by atoms with Gasteiger partial charge in [-0.15, -0.1) is 5.10 Å². The van der Waals surface area contributed by atoms with Gasteiger partial charge in [0, 0.05) is 23.0 Å². The zero-order chi connectivity index (χ0) is 25.9. The van der Waals surface area contributed by atoms with E-state index in [2.05, 4.69) is 15.6 Å². The fraction of sp³-hybridized carbons (Fsp3) is 0.185. The number of allylic oxidation sites excluding steroid dienone is 1. The van der Waals surface area contributed by atoms with Crippen molar-refractivity contribution in [1.29, 1.82) is 0 Å². The van der Waals surface area contributed by atoms with Gasteiger partial charge in [-0.1, -0.05) is 12.1 Å². The topological polar surface area (TPSA) is 112 Å². The minimum atomic E-state index is -0.655. The molecule has 0 fully saturated rings. The number of aromatic nitrogens is 4. The second-order valence-corrected chi connectivity index (χ2v) is 8.28. The summed E-state index contributed by atoms with van der Waals surface area (Å²) in [5.74, 6) is 2.47. The molecular weight excluding hydrogens is 472 g/mol. The molecular formula is C27H26N6O4. The molecule has 2 aromatic carbocycles. The molecule has 10 nitrogen and oxygen atoms in total. The molecule has 0 unspecified atom stereocenters. The van der Waals surface area contributed by atoms with Crippen molar-refractivity contribution in [2.24, 2.45) is 0 Å². The number of benzene rings is 2. The summed E-state index contributed by atoms with van der Waals surface area (Å²) in [6, 6.07) is 15.9. The first-order valence-electron chi connectivity index (χ1n) is 11.5. The zero-order valence-corrected chi connectivity index (χ0v) is 20.9. The Balaban J connectivity index is 1.65. The van der Waals surface area contributed by atoms with Crippen molar-refractivity contribution < 1.29 is 19.0 Å². The van der Waals surface area contributed by atoms with Gasteiger partial charge in [0.1, 0.15) is 11.8 Å². The second kappa shape index (κ2) is 10.0. The van der Waals surface area contributed by atoms with E-state index < -0.39 is 6.04 Å². The number of hydrogen-bond acceptors (Lipinski definition) is 8. The predicted octanol–water partition coefficient (Wildman–Crippen LogP) is 4.29. The number of carbonyl (C=O) groups excluding carboxylic acids is 1. The van der Waals surface area contributed by atoms with E-state index in [1.165, 1.54) is 0 Å². The fourth-order valence-corrected chi connectivity index (χ4v) is 4.36. The van der Waals surface area contributed by atoms with Crippen LogP contribution in [0.4, 0.5) is 11.6 Å². The lowest BCUT2D eigenvalue weighted by Crippen LogP contribution is -2.31. The average molecular weight is 499 g/mol. The minimum absolute atomic E-state index is 0.306. The van der Waals surface area contributed by atoms with Gasteiger partial charge in [-0.25, -0.2) is 4.68 Å². The van der Waals surface area contributed by atoms with Crippen LogP contribution in [0.5, 0.6) is 17.2 Å². The Morgan fingerprint density at radius 3 is 2.49 bits per heavy atom. The number of rotatable bonds is 7. The Morgan fingerprint density at radius 2 is 1.81 bits per heavy atom. The molecule has 0 saturated heterocycles. The number of ether oxygens (including phenoxy) is 3. The molecule has 2 aromatic heterocycles. The van der Waals surface area contributed by atoms with Crippen LogP contribution >= 0.6 is 0 Å². The van der Waals surface area contributed by atoms with E-state index in [1.54, 1.807) is 56.6 Å². The molecule has 10 heteroatoms. The smallest absolute Gasteiger partial charge is 0.255 e. The lowest BCUT2D eigenvalue weighted by atomic mass is 9.94. The van der Waals surface area contributed by atoms with E-state index in [-0.39, 0.29) is 5.91 Å². The Hall–Kier alpha value is -4.86. The first-order valence-corrected chi connectivity index (χ1v) is 11.5. The van der Waals surface area contributed by atoms with Gasteiger partial charge in [0.2, 0.25) is 5.95 Å². The van der Waals surface area contributed by atoms with Gasteiger partial charge in [0.25, 0.3) is 5.91 Å². The van der Waals surface area contributed by atoms with Crippen LogP contribution in [-0.2, 0) is 4.79 Å². The van der Waals surface area contributed by atoms with Crippen molar-refractivity contribution in [3.05, 3.63) is 83.8 Å². The Labute approximate surface area is 213 Å². The van der Waals surface area contributed by atoms with Gasteiger partial charge in [0.15, 0.2) is 17.3 Å². The quantitative estimate of drug-likeness (QED) is 0.388. The molecule has 1 aliphatic rings. The Kier molecular flexibility index (Phi) is 6.46. The van der Waals surface area contributed by atoms with E-state index in [9.17, 15) is 4.79 Å². The highest BCUT2D eigenvalue weighted by atomic mass is 16.5. The van der Waals surface area contributed by atoms with Gasteiger partial charge in [-0.05, 0) is 49.4 Å². The number of nitrogens with zero attached hydrogens (tertiary/aromatic N) is 4. The summed E-state index contributed by atoms with van der Waals surface area (Å²) < 4.78 is 18.3. The summed E-state index contributed by atoms with van der Waals surface area (Å²) in [7, 11) is 4.76. The number of nitrogens with one attached hydrogen (secondary N) is 2. The maximum absolute atomic E-state index is 13.7. The van der Waals surface area contributed by atoms with Crippen molar-refractivity contribution in [2.75, 3.05) is 32.0 Å². The third-order valence-corrected chi connectivity index (χ3v) is 6.09. The molecule has 0 radical (unpaired) electrons.